The van der Waals surface area contributed by atoms with Crippen molar-refractivity contribution in [1.82, 2.24) is 15.0 Å². The van der Waals surface area contributed by atoms with E-state index in [2.05, 4.69) is 15.0 Å². The predicted molar refractivity (Wildman–Crippen MR) is 70.7 cm³/mol. The fourth-order valence-electron chi connectivity index (χ4n) is 1.83. The van der Waals surface area contributed by atoms with E-state index in [9.17, 15) is 14.4 Å². The van der Waals surface area contributed by atoms with Crippen molar-refractivity contribution in [2.45, 2.75) is 13.3 Å². The van der Waals surface area contributed by atoms with Crippen LogP contribution in [0.4, 0.5) is 11.9 Å². The Hall–Kier alpha value is -1.90. The van der Waals surface area contributed by atoms with E-state index < -0.39 is 5.69 Å². The van der Waals surface area contributed by atoms with E-state index in [1.54, 1.807) is 0 Å². The van der Waals surface area contributed by atoms with Crippen molar-refractivity contribution in [2.75, 3.05) is 22.9 Å². The molecule has 19 heavy (non-hydrogen) atoms. The van der Waals surface area contributed by atoms with Gasteiger partial charge in [-0.15, -0.1) is 0 Å². The predicted octanol–water partition coefficient (Wildman–Crippen LogP) is -0.620. The quantitative estimate of drug-likeness (QED) is 0.758. The molecular formula is C10H13N5O3S. The van der Waals surface area contributed by atoms with Crippen molar-refractivity contribution in [2.24, 2.45) is 5.92 Å². The van der Waals surface area contributed by atoms with Crippen molar-refractivity contribution < 1.29 is 9.59 Å². The fraction of sp³-hybridized carbons (Fsp3) is 0.500. The highest BCUT2D eigenvalue weighted by Gasteiger charge is 2.32. The summed E-state index contributed by atoms with van der Waals surface area (Å²) in [5.41, 5.74) is 4.77. The molecule has 1 saturated heterocycles. The zero-order valence-corrected chi connectivity index (χ0v) is 11.1. The summed E-state index contributed by atoms with van der Waals surface area (Å²) >= 11 is 1.18. The number of hydrogen-bond acceptors (Lipinski definition) is 7. The Bertz CT molecular complexity index is 573. The Morgan fingerprint density at radius 2 is 2.26 bits per heavy atom. The van der Waals surface area contributed by atoms with E-state index in [0.717, 1.165) is 0 Å². The number of nitrogens with two attached hydrogens (primary N) is 1. The first-order valence-electron chi connectivity index (χ1n) is 5.63. The zero-order valence-electron chi connectivity index (χ0n) is 10.3. The van der Waals surface area contributed by atoms with Crippen LogP contribution in [0.1, 0.15) is 13.3 Å². The van der Waals surface area contributed by atoms with E-state index in [1.807, 2.05) is 0 Å². The van der Waals surface area contributed by atoms with Crippen LogP contribution in [0.2, 0.25) is 0 Å². The van der Waals surface area contributed by atoms with Gasteiger partial charge in [0.05, 0.1) is 0 Å². The van der Waals surface area contributed by atoms with Gasteiger partial charge in [-0.05, 0) is 5.92 Å². The number of amides is 1. The summed E-state index contributed by atoms with van der Waals surface area (Å²) < 4.78 is 0. The maximum Gasteiger partial charge on any atom is 0.351 e. The number of anilines is 2. The van der Waals surface area contributed by atoms with Crippen molar-refractivity contribution in [3.05, 3.63) is 10.5 Å². The second-order valence-corrected chi connectivity index (χ2v) is 5.41. The van der Waals surface area contributed by atoms with Gasteiger partial charge in [0.1, 0.15) is 0 Å². The Morgan fingerprint density at radius 3 is 2.89 bits per heavy atom. The van der Waals surface area contributed by atoms with Gasteiger partial charge < -0.3 is 5.73 Å². The van der Waals surface area contributed by atoms with E-state index in [4.69, 9.17) is 5.73 Å². The average Bonchev–Trinajstić information content (AvgIpc) is 2.66. The molecule has 0 aromatic carbocycles. The van der Waals surface area contributed by atoms with Crippen LogP contribution in [0.15, 0.2) is 4.79 Å². The molecule has 2 rings (SSSR count). The van der Waals surface area contributed by atoms with Crippen LogP contribution >= 0.6 is 11.8 Å². The number of thioether (sulfide) groups is 1. The topological polar surface area (TPSA) is 122 Å². The lowest BCUT2D eigenvalue weighted by Gasteiger charge is -2.13. The van der Waals surface area contributed by atoms with Crippen LogP contribution in [0.5, 0.6) is 0 Å². The van der Waals surface area contributed by atoms with Gasteiger partial charge in [0.25, 0.3) is 0 Å². The third-order valence-electron chi connectivity index (χ3n) is 2.63. The van der Waals surface area contributed by atoms with E-state index in [1.165, 1.54) is 23.6 Å². The molecule has 1 amide bonds. The average molecular weight is 283 g/mol. The van der Waals surface area contributed by atoms with Gasteiger partial charge in [0.15, 0.2) is 5.12 Å². The normalized spacial score (nSPS) is 18.9. The van der Waals surface area contributed by atoms with Crippen molar-refractivity contribution in [1.29, 1.82) is 0 Å². The lowest BCUT2D eigenvalue weighted by Crippen LogP contribution is -2.30. The lowest BCUT2D eigenvalue weighted by atomic mass is 10.1. The second-order valence-electron chi connectivity index (χ2n) is 4.22. The molecule has 0 radical (unpaired) electrons. The summed E-state index contributed by atoms with van der Waals surface area (Å²) in [6.45, 7) is 1.88. The van der Waals surface area contributed by atoms with Crippen LogP contribution in [0.25, 0.3) is 0 Å². The number of nitrogens with one attached hydrogen (secondary N) is 1. The maximum atomic E-state index is 11.9. The molecule has 0 bridgehead atoms. The van der Waals surface area contributed by atoms with Crippen LogP contribution in [0, 0.1) is 5.92 Å². The standard InChI is InChI=1S/C10H13N5O3S/c1-5(16)19-4-6-2-7(17)15(3-6)9-12-8(11)13-10(18)14-9/h6H,2-4H2,1H3,(H3,11,12,13,14,18). The summed E-state index contributed by atoms with van der Waals surface area (Å²) in [7, 11) is 0. The van der Waals surface area contributed by atoms with Crippen molar-refractivity contribution >= 4 is 34.7 Å². The van der Waals surface area contributed by atoms with Crippen LogP contribution in [0.3, 0.4) is 0 Å². The molecule has 102 valence electrons. The smallest absolute Gasteiger partial charge is 0.351 e. The number of nitrogen functional groups attached to an aromatic ring is 1. The molecule has 3 N–H and O–H groups in total. The van der Waals surface area contributed by atoms with E-state index >= 15 is 0 Å². The van der Waals surface area contributed by atoms with Crippen LogP contribution in [-0.4, -0.2) is 38.3 Å². The summed E-state index contributed by atoms with van der Waals surface area (Å²) in [5, 5.41) is 0.0162. The fourth-order valence-corrected chi connectivity index (χ4v) is 2.53. The van der Waals surface area contributed by atoms with Crippen molar-refractivity contribution in [3.8, 4) is 0 Å². The van der Waals surface area contributed by atoms with Crippen LogP contribution < -0.4 is 16.3 Å². The Balaban J connectivity index is 2.11. The van der Waals surface area contributed by atoms with Gasteiger partial charge in [0, 0.05) is 25.6 Å². The molecule has 2 heterocycles. The van der Waals surface area contributed by atoms with E-state index in [0.29, 0.717) is 18.7 Å². The van der Waals surface area contributed by atoms with Gasteiger partial charge >= 0.3 is 5.69 Å². The highest BCUT2D eigenvalue weighted by atomic mass is 32.2. The van der Waals surface area contributed by atoms with Gasteiger partial charge in [-0.2, -0.15) is 9.97 Å². The minimum Gasteiger partial charge on any atom is -0.369 e. The molecule has 9 heteroatoms. The molecule has 1 aliphatic heterocycles. The SMILES string of the molecule is CC(=O)SCC1CC(=O)N(c2nc(N)[nH]c(=O)n2)C1. The summed E-state index contributed by atoms with van der Waals surface area (Å²) in [6.07, 6.45) is 0.316. The highest BCUT2D eigenvalue weighted by Crippen LogP contribution is 2.24. The first-order chi connectivity index (χ1) is 8.95. The molecule has 1 fully saturated rings. The molecule has 1 atom stereocenters. The molecule has 0 saturated carbocycles. The first kappa shape index (κ1) is 13.5. The molecule has 1 aromatic rings. The number of rotatable bonds is 3. The Morgan fingerprint density at radius 1 is 1.53 bits per heavy atom. The Labute approximate surface area is 112 Å². The van der Waals surface area contributed by atoms with E-state index in [-0.39, 0.29) is 28.8 Å². The third kappa shape index (κ3) is 3.31. The minimum atomic E-state index is -0.642. The monoisotopic (exact) mass is 283 g/mol. The number of carbonyl (C=O) groups is 2. The number of H-pyrrole nitrogens is 1. The summed E-state index contributed by atoms with van der Waals surface area (Å²) in [6, 6.07) is 0. The largest absolute Gasteiger partial charge is 0.369 e. The molecule has 0 spiro atoms. The van der Waals surface area contributed by atoms with Gasteiger partial charge in [0.2, 0.25) is 17.8 Å². The summed E-state index contributed by atoms with van der Waals surface area (Å²) in [4.78, 5) is 45.0. The summed E-state index contributed by atoms with van der Waals surface area (Å²) in [5.74, 6) is 0.381. The number of aromatic amines is 1. The number of hydrogen-bond donors (Lipinski definition) is 2. The van der Waals surface area contributed by atoms with Crippen molar-refractivity contribution in [3.63, 3.8) is 0 Å². The third-order valence-corrected chi connectivity index (χ3v) is 3.67. The highest BCUT2D eigenvalue weighted by molar-refractivity contribution is 8.13. The zero-order chi connectivity index (χ0) is 14.0. The minimum absolute atomic E-state index is 0.0153. The lowest BCUT2D eigenvalue weighted by molar-refractivity contribution is -0.117. The second kappa shape index (κ2) is 5.39. The molecule has 0 aliphatic carbocycles. The molecule has 1 unspecified atom stereocenters. The van der Waals surface area contributed by atoms with Gasteiger partial charge in [-0.1, -0.05) is 11.8 Å². The Kier molecular flexibility index (Phi) is 3.84. The molecule has 1 aliphatic rings. The number of carbonyl (C=O) groups excluding carboxylic acids is 2. The molecule has 1 aromatic heterocycles. The first-order valence-corrected chi connectivity index (χ1v) is 6.62. The molecular weight excluding hydrogens is 270 g/mol. The number of nitrogens with zero attached hydrogens (tertiary/aromatic N) is 3. The number of aromatic nitrogens is 3. The van der Waals surface area contributed by atoms with Gasteiger partial charge in [-0.25, -0.2) is 4.79 Å². The van der Waals surface area contributed by atoms with Crippen LogP contribution in [-0.2, 0) is 9.59 Å². The maximum absolute atomic E-state index is 11.9. The molecule has 8 nitrogen and oxygen atoms in total. The van der Waals surface area contributed by atoms with Gasteiger partial charge in [-0.3, -0.25) is 19.5 Å².